The van der Waals surface area contributed by atoms with E-state index in [0.29, 0.717) is 6.54 Å². The third kappa shape index (κ3) is 2.09. The Kier molecular flexibility index (Phi) is 3.24. The van der Waals surface area contributed by atoms with Crippen molar-refractivity contribution in [3.05, 3.63) is 17.5 Å². The van der Waals surface area contributed by atoms with E-state index in [1.54, 1.807) is 10.7 Å². The second-order valence-electron chi connectivity index (χ2n) is 4.08. The molecule has 16 heavy (non-hydrogen) atoms. The van der Waals surface area contributed by atoms with Crippen LogP contribution < -0.4 is 5.32 Å². The molecule has 0 aliphatic carbocycles. The molecule has 1 atom stereocenters. The van der Waals surface area contributed by atoms with E-state index in [9.17, 15) is 4.79 Å². The van der Waals surface area contributed by atoms with Crippen molar-refractivity contribution < 1.29 is 9.90 Å². The topological polar surface area (TPSA) is 67.2 Å². The number of aromatic nitrogens is 2. The Labute approximate surface area is 94.5 Å². The first-order chi connectivity index (χ1) is 7.72. The maximum atomic E-state index is 11.0. The molecule has 2 rings (SSSR count). The van der Waals surface area contributed by atoms with Gasteiger partial charge in [-0.3, -0.25) is 4.68 Å². The van der Waals surface area contributed by atoms with Crippen molar-refractivity contribution in [2.45, 2.75) is 38.8 Å². The van der Waals surface area contributed by atoms with Gasteiger partial charge in [-0.05, 0) is 32.4 Å². The lowest BCUT2D eigenvalue weighted by molar-refractivity contribution is 0.0683. The zero-order valence-corrected chi connectivity index (χ0v) is 9.44. The van der Waals surface area contributed by atoms with Gasteiger partial charge in [-0.2, -0.15) is 5.10 Å². The van der Waals surface area contributed by atoms with Crippen LogP contribution >= 0.6 is 0 Å². The maximum absolute atomic E-state index is 11.0. The third-order valence-electron chi connectivity index (χ3n) is 2.98. The van der Waals surface area contributed by atoms with Gasteiger partial charge in [-0.15, -0.1) is 0 Å². The molecule has 5 nitrogen and oxygen atoms in total. The lowest BCUT2D eigenvalue weighted by atomic mass is 10.0. The molecule has 1 aromatic rings. The summed E-state index contributed by atoms with van der Waals surface area (Å²) in [7, 11) is 0. The van der Waals surface area contributed by atoms with Crippen LogP contribution in [0.4, 0.5) is 0 Å². The fourth-order valence-corrected chi connectivity index (χ4v) is 2.12. The number of carbonyl (C=O) groups is 1. The number of carboxylic acid groups (broad SMARTS) is 1. The lowest BCUT2D eigenvalue weighted by Crippen LogP contribution is -2.27. The zero-order valence-electron chi connectivity index (χ0n) is 9.44. The summed E-state index contributed by atoms with van der Waals surface area (Å²) in [6.45, 7) is 3.48. The molecule has 0 radical (unpaired) electrons. The number of nitrogens with zero attached hydrogens (tertiary/aromatic N) is 2. The first-order valence-electron chi connectivity index (χ1n) is 5.76. The van der Waals surface area contributed by atoms with Crippen molar-refractivity contribution in [3.8, 4) is 0 Å². The van der Waals surface area contributed by atoms with Crippen LogP contribution in [0.2, 0.25) is 0 Å². The summed E-state index contributed by atoms with van der Waals surface area (Å²) in [5, 5.41) is 16.7. The van der Waals surface area contributed by atoms with Gasteiger partial charge >= 0.3 is 5.97 Å². The van der Waals surface area contributed by atoms with E-state index in [1.807, 2.05) is 6.92 Å². The van der Waals surface area contributed by atoms with Crippen LogP contribution in [-0.2, 0) is 6.54 Å². The molecule has 0 spiro atoms. The van der Waals surface area contributed by atoms with E-state index in [0.717, 1.165) is 18.7 Å². The number of piperidine rings is 1. The molecule has 0 unspecified atom stereocenters. The predicted octanol–water partition coefficient (Wildman–Crippen LogP) is 1.42. The Morgan fingerprint density at radius 2 is 2.50 bits per heavy atom. The maximum Gasteiger partial charge on any atom is 0.354 e. The van der Waals surface area contributed by atoms with Crippen molar-refractivity contribution >= 4 is 5.97 Å². The zero-order chi connectivity index (χ0) is 11.5. The molecule has 1 aromatic heterocycles. The van der Waals surface area contributed by atoms with Gasteiger partial charge in [0.05, 0.1) is 11.7 Å². The first kappa shape index (κ1) is 11.1. The molecule has 1 fully saturated rings. The highest BCUT2D eigenvalue weighted by Gasteiger charge is 2.21. The van der Waals surface area contributed by atoms with Crippen LogP contribution in [0.5, 0.6) is 0 Å². The Bertz CT molecular complexity index is 381. The second-order valence-corrected chi connectivity index (χ2v) is 4.08. The highest BCUT2D eigenvalue weighted by molar-refractivity contribution is 5.85. The standard InChI is InChI=1S/C11H17N3O2/c1-2-14-10(11(15)16)7-9(13-14)8-5-3-4-6-12-8/h7-8,12H,2-6H2,1H3,(H,15,16)/t8-/m1/s1. The number of hydrogen-bond acceptors (Lipinski definition) is 3. The fourth-order valence-electron chi connectivity index (χ4n) is 2.12. The number of rotatable bonds is 3. The van der Waals surface area contributed by atoms with Crippen LogP contribution in [0.3, 0.4) is 0 Å². The van der Waals surface area contributed by atoms with Crippen LogP contribution in [0.25, 0.3) is 0 Å². The number of aryl methyl sites for hydroxylation is 1. The van der Waals surface area contributed by atoms with Gasteiger partial charge < -0.3 is 10.4 Å². The van der Waals surface area contributed by atoms with Crippen molar-refractivity contribution in [1.82, 2.24) is 15.1 Å². The van der Waals surface area contributed by atoms with Crippen molar-refractivity contribution in [3.63, 3.8) is 0 Å². The molecule has 0 saturated carbocycles. The minimum atomic E-state index is -0.906. The van der Waals surface area contributed by atoms with Gasteiger partial charge in [0, 0.05) is 6.54 Å². The van der Waals surface area contributed by atoms with Gasteiger partial charge in [-0.1, -0.05) is 6.42 Å². The largest absolute Gasteiger partial charge is 0.477 e. The van der Waals surface area contributed by atoms with Gasteiger partial charge in [-0.25, -0.2) is 4.79 Å². The summed E-state index contributed by atoms with van der Waals surface area (Å²) >= 11 is 0. The van der Waals surface area contributed by atoms with E-state index in [-0.39, 0.29) is 11.7 Å². The second kappa shape index (κ2) is 4.65. The molecular formula is C11H17N3O2. The number of carboxylic acids is 1. The lowest BCUT2D eigenvalue weighted by Gasteiger charge is -2.21. The smallest absolute Gasteiger partial charge is 0.354 e. The minimum absolute atomic E-state index is 0.222. The third-order valence-corrected chi connectivity index (χ3v) is 2.98. The van der Waals surface area contributed by atoms with Crippen molar-refractivity contribution in [1.29, 1.82) is 0 Å². The summed E-state index contributed by atoms with van der Waals surface area (Å²) in [5.41, 5.74) is 1.14. The number of nitrogens with one attached hydrogen (secondary N) is 1. The van der Waals surface area contributed by atoms with Gasteiger partial charge in [0.15, 0.2) is 0 Å². The Morgan fingerprint density at radius 3 is 3.00 bits per heavy atom. The molecule has 1 aliphatic heterocycles. The minimum Gasteiger partial charge on any atom is -0.477 e. The van der Waals surface area contributed by atoms with Crippen LogP contribution in [0.1, 0.15) is 48.4 Å². The Morgan fingerprint density at radius 1 is 1.69 bits per heavy atom. The van der Waals surface area contributed by atoms with E-state index in [2.05, 4.69) is 10.4 Å². The predicted molar refractivity (Wildman–Crippen MR) is 59.5 cm³/mol. The molecule has 88 valence electrons. The van der Waals surface area contributed by atoms with Gasteiger partial charge in [0.1, 0.15) is 5.69 Å². The summed E-state index contributed by atoms with van der Waals surface area (Å²) in [6, 6.07) is 1.91. The summed E-state index contributed by atoms with van der Waals surface area (Å²) in [6.07, 6.45) is 3.41. The van der Waals surface area contributed by atoms with Gasteiger partial charge in [0.25, 0.3) is 0 Å². The van der Waals surface area contributed by atoms with E-state index < -0.39 is 5.97 Å². The molecule has 0 bridgehead atoms. The molecule has 2 heterocycles. The average Bonchev–Trinajstić information content (AvgIpc) is 2.74. The van der Waals surface area contributed by atoms with Gasteiger partial charge in [0.2, 0.25) is 0 Å². The Balaban J connectivity index is 2.24. The molecule has 2 N–H and O–H groups in total. The van der Waals surface area contributed by atoms with Crippen LogP contribution in [0.15, 0.2) is 6.07 Å². The number of aromatic carboxylic acids is 1. The van der Waals surface area contributed by atoms with E-state index in [1.165, 1.54) is 12.8 Å². The molecular weight excluding hydrogens is 206 g/mol. The van der Waals surface area contributed by atoms with E-state index in [4.69, 9.17) is 5.11 Å². The molecule has 5 heteroatoms. The molecule has 0 amide bonds. The van der Waals surface area contributed by atoms with Crippen LogP contribution in [0, 0.1) is 0 Å². The molecule has 0 aromatic carbocycles. The normalized spacial score (nSPS) is 20.9. The van der Waals surface area contributed by atoms with E-state index >= 15 is 0 Å². The molecule has 1 saturated heterocycles. The van der Waals surface area contributed by atoms with Crippen molar-refractivity contribution in [2.75, 3.05) is 6.54 Å². The summed E-state index contributed by atoms with van der Waals surface area (Å²) in [5.74, 6) is -0.906. The number of hydrogen-bond donors (Lipinski definition) is 2. The highest BCUT2D eigenvalue weighted by atomic mass is 16.4. The highest BCUT2D eigenvalue weighted by Crippen LogP contribution is 2.22. The Hall–Kier alpha value is -1.36. The SMILES string of the molecule is CCn1nc([C@H]2CCCCN2)cc1C(=O)O. The quantitative estimate of drug-likeness (QED) is 0.813. The fraction of sp³-hybridized carbons (Fsp3) is 0.636. The summed E-state index contributed by atoms with van der Waals surface area (Å²) in [4.78, 5) is 11.0. The average molecular weight is 223 g/mol. The van der Waals surface area contributed by atoms with Crippen molar-refractivity contribution in [2.24, 2.45) is 0 Å². The van der Waals surface area contributed by atoms with Crippen LogP contribution in [-0.4, -0.2) is 27.4 Å². The first-order valence-corrected chi connectivity index (χ1v) is 5.76. The monoisotopic (exact) mass is 223 g/mol. The summed E-state index contributed by atoms with van der Waals surface area (Å²) < 4.78 is 1.55. The molecule has 1 aliphatic rings.